The van der Waals surface area contributed by atoms with Crippen molar-refractivity contribution in [2.45, 2.75) is 341 Å². The molecule has 0 aliphatic carbocycles. The third-order valence-electron chi connectivity index (χ3n) is 14.3. The van der Waals surface area contributed by atoms with Gasteiger partial charge < -0.3 is 20.3 Å². The SMILES string of the molecule is CCC/C=C\C/C=C\CCCCCCCC(=O)OCCCCCCCCCCC/C=C\CCCCCCCC(=O)NC(CO)C(O)/C=C/CCCCCCCCCCCCCCCCCCCCCCC. The summed E-state index contributed by atoms with van der Waals surface area (Å²) in [5, 5.41) is 23.2. The van der Waals surface area contributed by atoms with Gasteiger partial charge in [0, 0.05) is 12.8 Å². The smallest absolute Gasteiger partial charge is 0.305 e. The molecule has 0 spiro atoms. The molecule has 0 heterocycles. The van der Waals surface area contributed by atoms with E-state index in [1.807, 2.05) is 6.08 Å². The van der Waals surface area contributed by atoms with Crippen molar-refractivity contribution < 1.29 is 24.5 Å². The Morgan fingerprint density at radius 2 is 0.732 bits per heavy atom. The lowest BCUT2D eigenvalue weighted by Crippen LogP contribution is -2.45. The van der Waals surface area contributed by atoms with Crippen molar-refractivity contribution in [3.8, 4) is 0 Å². The summed E-state index contributed by atoms with van der Waals surface area (Å²) in [5.74, 6) is -0.0938. The molecule has 6 heteroatoms. The summed E-state index contributed by atoms with van der Waals surface area (Å²) in [6, 6.07) is -0.640. The second-order valence-electron chi connectivity index (χ2n) is 21.4. The minimum absolute atomic E-state index is 0.0133. The lowest BCUT2D eigenvalue weighted by atomic mass is 10.0. The molecule has 0 radical (unpaired) electrons. The van der Waals surface area contributed by atoms with E-state index in [-0.39, 0.29) is 18.5 Å². The molecule has 0 fully saturated rings. The minimum Gasteiger partial charge on any atom is -0.466 e. The van der Waals surface area contributed by atoms with Gasteiger partial charge in [0.1, 0.15) is 0 Å². The van der Waals surface area contributed by atoms with Crippen molar-refractivity contribution in [2.24, 2.45) is 0 Å². The van der Waals surface area contributed by atoms with Crippen LogP contribution in [-0.2, 0) is 14.3 Å². The minimum atomic E-state index is -0.856. The van der Waals surface area contributed by atoms with Crippen LogP contribution < -0.4 is 5.32 Å². The summed E-state index contributed by atoms with van der Waals surface area (Å²) in [6.07, 6.45) is 77.2. The molecule has 0 rings (SSSR count). The van der Waals surface area contributed by atoms with Crippen molar-refractivity contribution in [2.75, 3.05) is 13.2 Å². The van der Waals surface area contributed by atoms with Crippen LogP contribution in [-0.4, -0.2) is 47.4 Å². The summed E-state index contributed by atoms with van der Waals surface area (Å²) in [6.45, 7) is 4.83. The van der Waals surface area contributed by atoms with E-state index in [0.717, 1.165) is 70.6 Å². The molecule has 0 aromatic carbocycles. The summed E-state index contributed by atoms with van der Waals surface area (Å²) in [4.78, 5) is 24.5. The fourth-order valence-electron chi connectivity index (χ4n) is 9.49. The Morgan fingerprint density at radius 1 is 0.394 bits per heavy atom. The summed E-state index contributed by atoms with van der Waals surface area (Å²) < 4.78 is 5.46. The zero-order valence-electron chi connectivity index (χ0n) is 47.5. The standard InChI is InChI=1S/C65H121NO5/c1-3-5-7-9-11-13-15-17-18-19-20-21-22-23-24-27-30-34-37-41-45-49-53-57-63(68)62(61-67)66-64(69)58-54-50-46-42-38-35-31-28-25-26-29-32-36-40-44-48-52-56-60-71-65(70)59-55-51-47-43-39-33-16-14-12-10-8-6-4-2/h8,10,14,16,28,31,53,57,62-63,67-68H,3-7,9,11-13,15,17-27,29-30,32-52,54-56,58-61H2,1-2H3,(H,66,69)/b10-8-,16-14-,31-28-,57-53+. The van der Waals surface area contributed by atoms with Gasteiger partial charge in [-0.05, 0) is 83.5 Å². The molecule has 1 amide bonds. The lowest BCUT2D eigenvalue weighted by Gasteiger charge is -2.20. The molecular weight excluding hydrogens is 875 g/mol. The van der Waals surface area contributed by atoms with Crippen LogP contribution in [0.3, 0.4) is 0 Å². The molecule has 2 atom stereocenters. The van der Waals surface area contributed by atoms with Crippen LogP contribution in [0, 0.1) is 0 Å². The Morgan fingerprint density at radius 3 is 1.14 bits per heavy atom. The highest BCUT2D eigenvalue weighted by molar-refractivity contribution is 5.76. The van der Waals surface area contributed by atoms with Crippen LogP contribution >= 0.6 is 0 Å². The molecule has 0 saturated heterocycles. The molecule has 6 nitrogen and oxygen atoms in total. The zero-order valence-corrected chi connectivity index (χ0v) is 47.5. The zero-order chi connectivity index (χ0) is 51.4. The van der Waals surface area contributed by atoms with Gasteiger partial charge in [-0.1, -0.05) is 281 Å². The first kappa shape index (κ1) is 68.8. The number of aliphatic hydroxyl groups is 2. The van der Waals surface area contributed by atoms with Crippen LogP contribution in [0.5, 0.6) is 0 Å². The molecule has 416 valence electrons. The molecule has 0 aliphatic rings. The highest BCUT2D eigenvalue weighted by Crippen LogP contribution is 2.17. The maximum absolute atomic E-state index is 12.5. The van der Waals surface area contributed by atoms with Gasteiger partial charge in [0.2, 0.25) is 5.91 Å². The van der Waals surface area contributed by atoms with E-state index in [9.17, 15) is 19.8 Å². The van der Waals surface area contributed by atoms with E-state index in [1.54, 1.807) is 6.08 Å². The van der Waals surface area contributed by atoms with Crippen molar-refractivity contribution in [3.05, 3.63) is 48.6 Å². The number of hydrogen-bond acceptors (Lipinski definition) is 5. The number of carbonyl (C=O) groups excluding carboxylic acids is 2. The number of esters is 1. The number of hydrogen-bond donors (Lipinski definition) is 3. The third-order valence-corrected chi connectivity index (χ3v) is 14.3. The average Bonchev–Trinajstić information content (AvgIpc) is 3.37. The van der Waals surface area contributed by atoms with Gasteiger partial charge in [0.25, 0.3) is 0 Å². The fourth-order valence-corrected chi connectivity index (χ4v) is 9.49. The number of nitrogens with one attached hydrogen (secondary N) is 1. The Bertz CT molecular complexity index is 1190. The predicted molar refractivity (Wildman–Crippen MR) is 310 cm³/mol. The second kappa shape index (κ2) is 60.4. The van der Waals surface area contributed by atoms with Crippen LogP contribution in [0.1, 0.15) is 328 Å². The van der Waals surface area contributed by atoms with Crippen LogP contribution in [0.2, 0.25) is 0 Å². The highest BCUT2D eigenvalue weighted by Gasteiger charge is 2.18. The summed E-state index contributed by atoms with van der Waals surface area (Å²) in [7, 11) is 0. The van der Waals surface area contributed by atoms with Gasteiger partial charge in [-0.2, -0.15) is 0 Å². The van der Waals surface area contributed by atoms with Gasteiger partial charge in [-0.15, -0.1) is 0 Å². The van der Waals surface area contributed by atoms with Crippen molar-refractivity contribution in [1.82, 2.24) is 5.32 Å². The molecular formula is C65H121NO5. The number of allylic oxidation sites excluding steroid dienone is 7. The van der Waals surface area contributed by atoms with Crippen molar-refractivity contribution >= 4 is 11.9 Å². The number of unbranched alkanes of at least 4 members (excludes halogenated alkanes) is 41. The molecule has 71 heavy (non-hydrogen) atoms. The van der Waals surface area contributed by atoms with Crippen LogP contribution in [0.4, 0.5) is 0 Å². The topological polar surface area (TPSA) is 95.9 Å². The van der Waals surface area contributed by atoms with E-state index >= 15 is 0 Å². The first-order chi connectivity index (χ1) is 35.0. The molecule has 0 bridgehead atoms. The Kier molecular flexibility index (Phi) is 58.5. The first-order valence-corrected chi connectivity index (χ1v) is 31.4. The van der Waals surface area contributed by atoms with E-state index in [0.29, 0.717) is 19.4 Å². The first-order valence-electron chi connectivity index (χ1n) is 31.4. The summed E-state index contributed by atoms with van der Waals surface area (Å²) in [5.41, 5.74) is 0. The predicted octanol–water partition coefficient (Wildman–Crippen LogP) is 19.7. The number of amides is 1. The Labute approximate surface area is 442 Å². The quantitative estimate of drug-likeness (QED) is 0.0321. The summed E-state index contributed by atoms with van der Waals surface area (Å²) >= 11 is 0. The maximum atomic E-state index is 12.5. The molecule has 0 saturated carbocycles. The number of aliphatic hydroxyl groups excluding tert-OH is 2. The van der Waals surface area contributed by atoms with E-state index in [4.69, 9.17) is 4.74 Å². The second-order valence-corrected chi connectivity index (χ2v) is 21.4. The molecule has 0 aliphatic heterocycles. The molecule has 0 aromatic heterocycles. The van der Waals surface area contributed by atoms with E-state index in [2.05, 4.69) is 55.6 Å². The Balaban J connectivity index is 3.49. The van der Waals surface area contributed by atoms with Crippen LogP contribution in [0.25, 0.3) is 0 Å². The third kappa shape index (κ3) is 57.0. The van der Waals surface area contributed by atoms with Gasteiger partial charge in [0.15, 0.2) is 0 Å². The molecule has 2 unspecified atom stereocenters. The fraction of sp³-hybridized carbons (Fsp3) is 0.846. The Hall–Kier alpha value is -2.18. The van der Waals surface area contributed by atoms with E-state index in [1.165, 1.54) is 231 Å². The number of carbonyl (C=O) groups is 2. The molecule has 0 aromatic rings. The largest absolute Gasteiger partial charge is 0.466 e. The van der Waals surface area contributed by atoms with Gasteiger partial charge in [-0.25, -0.2) is 0 Å². The normalized spacial score (nSPS) is 12.9. The lowest BCUT2D eigenvalue weighted by molar-refractivity contribution is -0.143. The van der Waals surface area contributed by atoms with Crippen molar-refractivity contribution in [1.29, 1.82) is 0 Å². The van der Waals surface area contributed by atoms with Gasteiger partial charge >= 0.3 is 5.97 Å². The number of ether oxygens (including phenoxy) is 1. The van der Waals surface area contributed by atoms with Gasteiger partial charge in [0.05, 0.1) is 25.4 Å². The highest BCUT2D eigenvalue weighted by atomic mass is 16.5. The van der Waals surface area contributed by atoms with Gasteiger partial charge in [-0.3, -0.25) is 9.59 Å². The average molecular weight is 997 g/mol. The molecule has 3 N–H and O–H groups in total. The van der Waals surface area contributed by atoms with Crippen molar-refractivity contribution in [3.63, 3.8) is 0 Å². The maximum Gasteiger partial charge on any atom is 0.305 e. The monoisotopic (exact) mass is 996 g/mol. The number of rotatable bonds is 58. The van der Waals surface area contributed by atoms with E-state index < -0.39 is 12.1 Å². The van der Waals surface area contributed by atoms with Crippen LogP contribution in [0.15, 0.2) is 48.6 Å².